The maximum absolute atomic E-state index is 11.6. The van der Waals surface area contributed by atoms with E-state index in [0.29, 0.717) is 5.00 Å². The average molecular weight is 272 g/mol. The Morgan fingerprint density at radius 1 is 1.29 bits per heavy atom. The minimum Gasteiger partial charge on any atom is -0.477 e. The Balaban J connectivity index is 2.10. The molecular weight excluding hydrogens is 266 g/mol. The summed E-state index contributed by atoms with van der Waals surface area (Å²) in [5, 5.41) is 11.8. The minimum atomic E-state index is -1.03. The van der Waals surface area contributed by atoms with Crippen molar-refractivity contribution in [2.45, 2.75) is 0 Å². The van der Waals surface area contributed by atoms with Gasteiger partial charge in [-0.3, -0.25) is 4.79 Å². The molecule has 2 aromatic heterocycles. The molecule has 1 amide bonds. The number of rotatable bonds is 3. The number of carboxylic acids is 1. The first-order chi connectivity index (χ1) is 8.06. The van der Waals surface area contributed by atoms with Crippen molar-refractivity contribution < 1.29 is 19.1 Å². The molecule has 0 unspecified atom stereocenters. The molecule has 0 bridgehead atoms. The van der Waals surface area contributed by atoms with E-state index in [1.807, 2.05) is 0 Å². The van der Waals surface area contributed by atoms with Crippen LogP contribution in [0, 0.1) is 0 Å². The van der Waals surface area contributed by atoms with Crippen LogP contribution < -0.4 is 5.32 Å². The number of carboxylic acid groups (broad SMARTS) is 1. The van der Waals surface area contributed by atoms with Crippen molar-refractivity contribution in [3.63, 3.8) is 0 Å². The van der Waals surface area contributed by atoms with Crippen LogP contribution in [0.25, 0.3) is 0 Å². The number of carbonyl (C=O) groups excluding carboxylic acids is 1. The van der Waals surface area contributed by atoms with E-state index in [4.69, 9.17) is 21.1 Å². The van der Waals surface area contributed by atoms with Crippen LogP contribution >= 0.6 is 22.9 Å². The van der Waals surface area contributed by atoms with Crippen molar-refractivity contribution in [3.8, 4) is 0 Å². The van der Waals surface area contributed by atoms with Gasteiger partial charge in [-0.25, -0.2) is 4.79 Å². The van der Waals surface area contributed by atoms with Crippen LogP contribution in [0.5, 0.6) is 0 Å². The summed E-state index contributed by atoms with van der Waals surface area (Å²) < 4.78 is 4.91. The van der Waals surface area contributed by atoms with E-state index in [9.17, 15) is 9.59 Å². The normalized spacial score (nSPS) is 10.2. The molecule has 88 valence electrons. The Labute approximate surface area is 105 Å². The first kappa shape index (κ1) is 11.7. The van der Waals surface area contributed by atoms with Gasteiger partial charge < -0.3 is 14.8 Å². The van der Waals surface area contributed by atoms with Crippen LogP contribution in [-0.4, -0.2) is 17.0 Å². The van der Waals surface area contributed by atoms with Crippen molar-refractivity contribution in [3.05, 3.63) is 40.1 Å². The van der Waals surface area contributed by atoms with Crippen molar-refractivity contribution in [2.75, 3.05) is 5.32 Å². The molecule has 2 rings (SSSR count). The number of hydrogen-bond acceptors (Lipinski definition) is 4. The molecule has 0 radical (unpaired) electrons. The number of furan rings is 1. The van der Waals surface area contributed by atoms with Crippen LogP contribution in [0.3, 0.4) is 0 Å². The molecular formula is C10H6ClNO4S. The lowest BCUT2D eigenvalue weighted by Gasteiger charge is -1.97. The van der Waals surface area contributed by atoms with Gasteiger partial charge >= 0.3 is 5.97 Å². The number of amides is 1. The van der Waals surface area contributed by atoms with Gasteiger partial charge in [0, 0.05) is 0 Å². The summed E-state index contributed by atoms with van der Waals surface area (Å²) in [6.07, 6.45) is 0. The molecule has 2 heterocycles. The highest BCUT2D eigenvalue weighted by Gasteiger charge is 2.13. The number of halogens is 1. The topological polar surface area (TPSA) is 79.5 Å². The van der Waals surface area contributed by atoms with E-state index in [2.05, 4.69) is 5.32 Å². The van der Waals surface area contributed by atoms with Gasteiger partial charge in [0.25, 0.3) is 5.91 Å². The second kappa shape index (κ2) is 4.60. The molecule has 17 heavy (non-hydrogen) atoms. The smallest absolute Gasteiger partial charge is 0.345 e. The van der Waals surface area contributed by atoms with Crippen LogP contribution in [0.2, 0.25) is 5.22 Å². The molecule has 0 aliphatic heterocycles. The molecule has 0 saturated carbocycles. The quantitative estimate of drug-likeness (QED) is 0.899. The Hall–Kier alpha value is -1.79. The number of nitrogens with one attached hydrogen (secondary N) is 1. The zero-order valence-electron chi connectivity index (χ0n) is 8.27. The van der Waals surface area contributed by atoms with Gasteiger partial charge in [-0.1, -0.05) is 0 Å². The monoisotopic (exact) mass is 271 g/mol. The first-order valence-electron chi connectivity index (χ1n) is 4.46. The highest BCUT2D eigenvalue weighted by atomic mass is 35.5. The van der Waals surface area contributed by atoms with Gasteiger partial charge in [-0.15, -0.1) is 11.3 Å². The van der Waals surface area contributed by atoms with E-state index in [-0.39, 0.29) is 15.9 Å². The fraction of sp³-hybridized carbons (Fsp3) is 0. The number of hydrogen-bond donors (Lipinski definition) is 2. The van der Waals surface area contributed by atoms with Crippen molar-refractivity contribution >= 4 is 39.8 Å². The molecule has 0 aromatic carbocycles. The van der Waals surface area contributed by atoms with E-state index < -0.39 is 11.9 Å². The highest BCUT2D eigenvalue weighted by Crippen LogP contribution is 2.23. The maximum Gasteiger partial charge on any atom is 0.345 e. The molecule has 5 nitrogen and oxygen atoms in total. The standard InChI is InChI=1S/C10H6ClNO4S/c11-7-3-1-5(16-7)9(13)12-8-4-2-6(17-8)10(14)15/h1-4H,(H,12,13)(H,14,15). The molecule has 2 N–H and O–H groups in total. The predicted octanol–water partition coefficient (Wildman–Crippen LogP) is 2.95. The van der Waals surface area contributed by atoms with Crippen LogP contribution in [0.1, 0.15) is 20.2 Å². The van der Waals surface area contributed by atoms with Gasteiger partial charge in [0.05, 0.1) is 5.00 Å². The third-order valence-electron chi connectivity index (χ3n) is 1.85. The average Bonchev–Trinajstić information content (AvgIpc) is 2.86. The van der Waals surface area contributed by atoms with Gasteiger partial charge in [0.1, 0.15) is 4.88 Å². The van der Waals surface area contributed by atoms with Crippen molar-refractivity contribution in [1.82, 2.24) is 0 Å². The number of carbonyl (C=O) groups is 2. The van der Waals surface area contributed by atoms with Crippen molar-refractivity contribution in [2.24, 2.45) is 0 Å². The fourth-order valence-corrected chi connectivity index (χ4v) is 2.02. The lowest BCUT2D eigenvalue weighted by molar-refractivity contribution is 0.0702. The third kappa shape index (κ3) is 2.66. The summed E-state index contributed by atoms with van der Waals surface area (Å²) >= 11 is 6.50. The second-order valence-electron chi connectivity index (χ2n) is 3.03. The Morgan fingerprint density at radius 3 is 2.59 bits per heavy atom. The van der Waals surface area contributed by atoms with Crippen LogP contribution in [0.15, 0.2) is 28.7 Å². The molecule has 0 spiro atoms. The van der Waals surface area contributed by atoms with Crippen LogP contribution in [-0.2, 0) is 0 Å². The summed E-state index contributed by atoms with van der Waals surface area (Å²) in [4.78, 5) is 22.4. The van der Waals surface area contributed by atoms with Crippen molar-refractivity contribution in [1.29, 1.82) is 0 Å². The summed E-state index contributed by atoms with van der Waals surface area (Å²) in [5.41, 5.74) is 0. The lowest BCUT2D eigenvalue weighted by Crippen LogP contribution is -2.09. The largest absolute Gasteiger partial charge is 0.477 e. The summed E-state index contributed by atoms with van der Waals surface area (Å²) in [7, 11) is 0. The molecule has 0 aliphatic carbocycles. The molecule has 7 heteroatoms. The molecule has 0 aliphatic rings. The second-order valence-corrected chi connectivity index (χ2v) is 4.48. The Bertz CT molecular complexity index is 574. The Kier molecular flexibility index (Phi) is 3.16. The predicted molar refractivity (Wildman–Crippen MR) is 62.9 cm³/mol. The number of thiophene rings is 1. The third-order valence-corrected chi connectivity index (χ3v) is 3.04. The molecule has 0 atom stereocenters. The van der Waals surface area contributed by atoms with Gasteiger partial charge in [0.2, 0.25) is 0 Å². The van der Waals surface area contributed by atoms with E-state index in [1.165, 1.54) is 24.3 Å². The lowest BCUT2D eigenvalue weighted by atomic mass is 10.4. The Morgan fingerprint density at radius 2 is 2.06 bits per heavy atom. The first-order valence-corrected chi connectivity index (χ1v) is 5.65. The summed E-state index contributed by atoms with van der Waals surface area (Å²) in [6, 6.07) is 5.81. The number of aromatic carboxylic acids is 1. The van der Waals surface area contributed by atoms with Gasteiger partial charge in [0.15, 0.2) is 11.0 Å². The summed E-state index contributed by atoms with van der Waals surface area (Å²) in [6.45, 7) is 0. The fourth-order valence-electron chi connectivity index (χ4n) is 1.13. The SMILES string of the molecule is O=C(Nc1ccc(C(=O)O)s1)c1ccc(Cl)o1. The summed E-state index contributed by atoms with van der Waals surface area (Å²) in [5.74, 6) is -1.44. The minimum absolute atomic E-state index is 0.0697. The number of anilines is 1. The van der Waals surface area contributed by atoms with E-state index in [1.54, 1.807) is 0 Å². The van der Waals surface area contributed by atoms with Gasteiger partial charge in [-0.2, -0.15) is 0 Å². The molecule has 0 saturated heterocycles. The zero-order chi connectivity index (χ0) is 12.4. The maximum atomic E-state index is 11.6. The molecule has 0 fully saturated rings. The molecule has 2 aromatic rings. The van der Waals surface area contributed by atoms with E-state index in [0.717, 1.165) is 11.3 Å². The van der Waals surface area contributed by atoms with Gasteiger partial charge in [-0.05, 0) is 35.9 Å². The highest BCUT2D eigenvalue weighted by molar-refractivity contribution is 7.18. The van der Waals surface area contributed by atoms with E-state index >= 15 is 0 Å². The zero-order valence-corrected chi connectivity index (χ0v) is 9.84. The van der Waals surface area contributed by atoms with Crippen LogP contribution in [0.4, 0.5) is 5.00 Å².